The number of benzene rings is 8. The molecule has 0 unspecified atom stereocenters. The molecule has 0 bridgehead atoms. The summed E-state index contributed by atoms with van der Waals surface area (Å²) in [5.74, 6) is 0. The van der Waals surface area contributed by atoms with E-state index < -0.39 is 0 Å². The standard InChI is InChI=1S/C46H34/c1-45(2)40-22-19-27-11-5-6-12-30(27)44(40)36-21-18-29(24-42(36)45)28-17-20-35-39-25-37-33-15-9-7-13-31(33)32-14-8-10-16-34(32)38(37)26-43(39)46(3,4)41(35)23-28/h5-26H,1-4H3. The number of rotatable bonds is 1. The fraction of sp³-hybridized carbons (Fsp3) is 0.130. The van der Waals surface area contributed by atoms with Crippen molar-refractivity contribution in [3.05, 3.63) is 156 Å². The molecule has 0 spiro atoms. The lowest BCUT2D eigenvalue weighted by Crippen LogP contribution is -2.15. The first-order chi connectivity index (χ1) is 22.3. The Morgan fingerprint density at radius 1 is 0.326 bits per heavy atom. The van der Waals surface area contributed by atoms with Crippen molar-refractivity contribution in [2.24, 2.45) is 0 Å². The highest BCUT2D eigenvalue weighted by atomic mass is 14.4. The highest BCUT2D eigenvalue weighted by Crippen LogP contribution is 2.54. The minimum absolute atomic E-state index is 0.0530. The van der Waals surface area contributed by atoms with E-state index in [-0.39, 0.29) is 10.8 Å². The molecule has 0 saturated carbocycles. The van der Waals surface area contributed by atoms with E-state index in [2.05, 4.69) is 161 Å². The van der Waals surface area contributed by atoms with Gasteiger partial charge >= 0.3 is 0 Å². The predicted octanol–water partition coefficient (Wildman–Crippen LogP) is 12.6. The minimum Gasteiger partial charge on any atom is -0.0616 e. The van der Waals surface area contributed by atoms with Crippen molar-refractivity contribution in [1.29, 1.82) is 0 Å². The van der Waals surface area contributed by atoms with Crippen LogP contribution in [0.3, 0.4) is 0 Å². The lowest BCUT2D eigenvalue weighted by Gasteiger charge is -2.24. The fourth-order valence-electron chi connectivity index (χ4n) is 9.00. The summed E-state index contributed by atoms with van der Waals surface area (Å²) in [7, 11) is 0. The molecule has 10 rings (SSSR count). The molecular formula is C46H34. The molecule has 0 atom stereocenters. The summed E-state index contributed by atoms with van der Waals surface area (Å²) in [6.07, 6.45) is 0. The van der Waals surface area contributed by atoms with E-state index in [9.17, 15) is 0 Å². The molecule has 0 radical (unpaired) electrons. The first-order valence-electron chi connectivity index (χ1n) is 16.5. The van der Waals surface area contributed by atoms with Crippen LogP contribution in [0.25, 0.3) is 76.5 Å². The smallest absolute Gasteiger partial charge is 0.0159 e. The van der Waals surface area contributed by atoms with Crippen molar-refractivity contribution in [2.75, 3.05) is 0 Å². The summed E-state index contributed by atoms with van der Waals surface area (Å²) in [4.78, 5) is 0. The van der Waals surface area contributed by atoms with E-state index in [1.54, 1.807) is 0 Å². The topological polar surface area (TPSA) is 0 Å². The van der Waals surface area contributed by atoms with E-state index in [1.807, 2.05) is 0 Å². The molecular weight excluding hydrogens is 553 g/mol. The molecule has 0 fully saturated rings. The minimum atomic E-state index is -0.104. The normalized spacial score (nSPS) is 15.3. The van der Waals surface area contributed by atoms with E-state index in [1.165, 1.54) is 98.7 Å². The zero-order valence-corrected chi connectivity index (χ0v) is 26.7. The summed E-state index contributed by atoms with van der Waals surface area (Å²) in [5, 5.41) is 10.7. The monoisotopic (exact) mass is 586 g/mol. The van der Waals surface area contributed by atoms with Gasteiger partial charge in [-0.15, -0.1) is 0 Å². The van der Waals surface area contributed by atoms with Crippen molar-refractivity contribution in [3.63, 3.8) is 0 Å². The van der Waals surface area contributed by atoms with Gasteiger partial charge in [0.2, 0.25) is 0 Å². The Kier molecular flexibility index (Phi) is 4.95. The Labute approximate surface area is 270 Å². The van der Waals surface area contributed by atoms with Crippen molar-refractivity contribution < 1.29 is 0 Å². The summed E-state index contributed by atoms with van der Waals surface area (Å²) in [6, 6.07) is 50.6. The van der Waals surface area contributed by atoms with Gasteiger partial charge in [0.25, 0.3) is 0 Å². The predicted molar refractivity (Wildman–Crippen MR) is 197 cm³/mol. The molecule has 0 heteroatoms. The third-order valence-electron chi connectivity index (χ3n) is 11.4. The molecule has 2 aliphatic rings. The quantitative estimate of drug-likeness (QED) is 0.168. The van der Waals surface area contributed by atoms with Gasteiger partial charge in [-0.3, -0.25) is 0 Å². The van der Waals surface area contributed by atoms with Crippen LogP contribution >= 0.6 is 0 Å². The average molecular weight is 587 g/mol. The van der Waals surface area contributed by atoms with Crippen LogP contribution in [0.5, 0.6) is 0 Å². The van der Waals surface area contributed by atoms with Gasteiger partial charge in [-0.1, -0.05) is 137 Å². The molecule has 8 aromatic rings. The lowest BCUT2D eigenvalue weighted by molar-refractivity contribution is 0.660. The van der Waals surface area contributed by atoms with Crippen molar-refractivity contribution >= 4 is 43.1 Å². The Bertz CT molecular complexity index is 2630. The maximum atomic E-state index is 2.50. The van der Waals surface area contributed by atoms with Crippen LogP contribution in [0.4, 0.5) is 0 Å². The van der Waals surface area contributed by atoms with Crippen LogP contribution in [-0.2, 0) is 10.8 Å². The first kappa shape index (κ1) is 26.1. The van der Waals surface area contributed by atoms with Gasteiger partial charge in [-0.05, 0) is 123 Å². The maximum absolute atomic E-state index is 2.50. The first-order valence-corrected chi connectivity index (χ1v) is 16.5. The molecule has 2 aliphatic carbocycles. The van der Waals surface area contributed by atoms with Gasteiger partial charge in [0, 0.05) is 10.8 Å². The van der Waals surface area contributed by atoms with E-state index in [4.69, 9.17) is 0 Å². The van der Waals surface area contributed by atoms with Crippen LogP contribution in [0.2, 0.25) is 0 Å². The van der Waals surface area contributed by atoms with Crippen molar-refractivity contribution in [2.45, 2.75) is 38.5 Å². The maximum Gasteiger partial charge on any atom is 0.0159 e. The largest absolute Gasteiger partial charge is 0.0616 e. The second kappa shape index (κ2) is 8.74. The van der Waals surface area contributed by atoms with Crippen LogP contribution < -0.4 is 0 Å². The third-order valence-corrected chi connectivity index (χ3v) is 11.4. The summed E-state index contributed by atoms with van der Waals surface area (Å²) in [6.45, 7) is 9.58. The highest BCUT2D eigenvalue weighted by molar-refractivity contribution is 6.26. The zero-order chi connectivity index (χ0) is 30.9. The van der Waals surface area contributed by atoms with Crippen LogP contribution in [0.15, 0.2) is 133 Å². The summed E-state index contributed by atoms with van der Waals surface area (Å²) in [5.41, 5.74) is 13.6. The Morgan fingerprint density at radius 2 is 0.804 bits per heavy atom. The molecule has 0 aromatic heterocycles. The van der Waals surface area contributed by atoms with Crippen molar-refractivity contribution in [3.8, 4) is 33.4 Å². The Balaban J connectivity index is 1.15. The molecule has 0 saturated heterocycles. The second-order valence-electron chi connectivity index (χ2n) is 14.5. The molecule has 46 heavy (non-hydrogen) atoms. The van der Waals surface area contributed by atoms with Gasteiger partial charge < -0.3 is 0 Å². The average Bonchev–Trinajstić information content (AvgIpc) is 3.46. The SMILES string of the molecule is CC1(C)c2cc(-c3ccc4c(c3)C(C)(C)c3ccc5ccccc5c3-4)ccc2-c2cc3c4ccccc4c4ccccc4c3cc21. The molecule has 8 aromatic carbocycles. The van der Waals surface area contributed by atoms with Crippen molar-refractivity contribution in [1.82, 2.24) is 0 Å². The number of hydrogen-bond acceptors (Lipinski definition) is 0. The van der Waals surface area contributed by atoms with Gasteiger partial charge in [0.15, 0.2) is 0 Å². The zero-order valence-electron chi connectivity index (χ0n) is 26.7. The fourth-order valence-corrected chi connectivity index (χ4v) is 9.00. The molecule has 218 valence electrons. The van der Waals surface area contributed by atoms with Crippen LogP contribution in [0.1, 0.15) is 49.9 Å². The molecule has 0 N–H and O–H groups in total. The van der Waals surface area contributed by atoms with Gasteiger partial charge in [-0.2, -0.15) is 0 Å². The van der Waals surface area contributed by atoms with Gasteiger partial charge in [0.05, 0.1) is 0 Å². The highest BCUT2D eigenvalue weighted by Gasteiger charge is 2.38. The lowest BCUT2D eigenvalue weighted by atomic mass is 9.79. The van der Waals surface area contributed by atoms with Gasteiger partial charge in [0.1, 0.15) is 0 Å². The third kappa shape index (κ3) is 3.24. The van der Waals surface area contributed by atoms with Gasteiger partial charge in [-0.25, -0.2) is 0 Å². The Morgan fingerprint density at radius 3 is 1.46 bits per heavy atom. The molecule has 0 aliphatic heterocycles. The summed E-state index contributed by atoms with van der Waals surface area (Å²) >= 11 is 0. The van der Waals surface area contributed by atoms with Crippen LogP contribution in [0, 0.1) is 0 Å². The van der Waals surface area contributed by atoms with E-state index >= 15 is 0 Å². The number of hydrogen-bond donors (Lipinski definition) is 0. The summed E-state index contributed by atoms with van der Waals surface area (Å²) < 4.78 is 0. The molecule has 0 heterocycles. The second-order valence-corrected chi connectivity index (χ2v) is 14.5. The Hall–Kier alpha value is -5.20. The number of fused-ring (bicyclic) bond motifs is 14. The molecule has 0 nitrogen and oxygen atoms in total. The van der Waals surface area contributed by atoms with E-state index in [0.29, 0.717) is 0 Å². The molecule has 0 amide bonds. The van der Waals surface area contributed by atoms with E-state index in [0.717, 1.165) is 0 Å². The van der Waals surface area contributed by atoms with Crippen LogP contribution in [-0.4, -0.2) is 0 Å².